The van der Waals surface area contributed by atoms with Gasteiger partial charge in [0.1, 0.15) is 0 Å². The highest BCUT2D eigenvalue weighted by Crippen LogP contribution is 2.29. The van der Waals surface area contributed by atoms with Gasteiger partial charge in [0.05, 0.1) is 18.1 Å². The molecule has 1 amide bonds. The molecule has 21 heavy (non-hydrogen) atoms. The number of amides is 1. The first-order valence-electron chi connectivity index (χ1n) is 7.12. The number of benzene rings is 1. The molecule has 2 aliphatic rings. The Bertz CT molecular complexity index is 604. The van der Waals surface area contributed by atoms with Gasteiger partial charge in [-0.25, -0.2) is 0 Å². The highest BCUT2D eigenvalue weighted by molar-refractivity contribution is 8.18. The Morgan fingerprint density at radius 1 is 1.33 bits per heavy atom. The Kier molecular flexibility index (Phi) is 4.41. The van der Waals surface area contributed by atoms with Crippen LogP contribution in [0.15, 0.2) is 40.2 Å². The van der Waals surface area contributed by atoms with Crippen LogP contribution in [0.3, 0.4) is 0 Å². The van der Waals surface area contributed by atoms with Gasteiger partial charge in [-0.3, -0.25) is 4.79 Å². The lowest BCUT2D eigenvalue weighted by Crippen LogP contribution is -2.38. The maximum absolute atomic E-state index is 12.0. The van der Waals surface area contributed by atoms with Crippen LogP contribution in [0.4, 0.5) is 0 Å². The predicted octanol–water partition coefficient (Wildman–Crippen LogP) is 2.38. The molecular formula is C16H18N2O2S. The summed E-state index contributed by atoms with van der Waals surface area (Å²) in [7, 11) is 0. The van der Waals surface area contributed by atoms with Crippen LogP contribution in [0.2, 0.25) is 0 Å². The number of morpholine rings is 1. The smallest absolute Gasteiger partial charge is 0.285 e. The highest BCUT2D eigenvalue weighted by atomic mass is 32.2. The minimum atomic E-state index is -0.116. The minimum absolute atomic E-state index is 0.116. The van der Waals surface area contributed by atoms with Gasteiger partial charge < -0.3 is 9.64 Å². The van der Waals surface area contributed by atoms with Crippen LogP contribution in [0.25, 0.3) is 0 Å². The molecule has 1 aromatic carbocycles. The second-order valence-electron chi connectivity index (χ2n) is 5.10. The van der Waals surface area contributed by atoms with Crippen LogP contribution >= 0.6 is 11.8 Å². The lowest BCUT2D eigenvalue weighted by Gasteiger charge is -2.27. The Morgan fingerprint density at radius 2 is 2.10 bits per heavy atom. The van der Waals surface area contributed by atoms with Crippen molar-refractivity contribution in [3.63, 3.8) is 0 Å². The van der Waals surface area contributed by atoms with E-state index in [1.807, 2.05) is 18.2 Å². The summed E-state index contributed by atoms with van der Waals surface area (Å²) in [5, 5.41) is 0.819. The lowest BCUT2D eigenvalue weighted by atomic mass is 10.1. The number of aryl methyl sites for hydroxylation is 1. The first-order chi connectivity index (χ1) is 10.2. The van der Waals surface area contributed by atoms with Gasteiger partial charge in [-0.2, -0.15) is 4.99 Å². The number of ether oxygens (including phenoxy) is 1. The van der Waals surface area contributed by atoms with Gasteiger partial charge in [-0.15, -0.1) is 0 Å². The minimum Gasteiger partial charge on any atom is -0.378 e. The number of rotatable bonds is 2. The first kappa shape index (κ1) is 14.4. The van der Waals surface area contributed by atoms with E-state index >= 15 is 0 Å². The molecule has 2 aliphatic heterocycles. The van der Waals surface area contributed by atoms with E-state index in [-0.39, 0.29) is 5.91 Å². The largest absolute Gasteiger partial charge is 0.378 e. The van der Waals surface area contributed by atoms with Crippen molar-refractivity contribution < 1.29 is 9.53 Å². The van der Waals surface area contributed by atoms with Gasteiger partial charge in [-0.05, 0) is 36.2 Å². The van der Waals surface area contributed by atoms with E-state index in [4.69, 9.17) is 4.74 Å². The van der Waals surface area contributed by atoms with Gasteiger partial charge in [0.15, 0.2) is 5.17 Å². The van der Waals surface area contributed by atoms with Crippen LogP contribution in [-0.2, 0) is 16.0 Å². The monoisotopic (exact) mass is 302 g/mol. The topological polar surface area (TPSA) is 41.9 Å². The van der Waals surface area contributed by atoms with Crippen molar-refractivity contribution in [3.05, 3.63) is 46.4 Å². The lowest BCUT2D eigenvalue weighted by molar-refractivity contribution is -0.113. The summed E-state index contributed by atoms with van der Waals surface area (Å²) in [6, 6.07) is 8.24. The van der Waals surface area contributed by atoms with Crippen molar-refractivity contribution in [2.24, 2.45) is 4.99 Å². The van der Waals surface area contributed by atoms with Crippen LogP contribution in [-0.4, -0.2) is 42.3 Å². The molecule has 1 fully saturated rings. The van der Waals surface area contributed by atoms with Gasteiger partial charge in [0.2, 0.25) is 0 Å². The van der Waals surface area contributed by atoms with Gasteiger partial charge >= 0.3 is 0 Å². The van der Waals surface area contributed by atoms with Crippen LogP contribution < -0.4 is 0 Å². The van der Waals surface area contributed by atoms with E-state index in [2.05, 4.69) is 28.9 Å². The summed E-state index contributed by atoms with van der Waals surface area (Å²) in [5.74, 6) is -0.116. The molecule has 0 atom stereocenters. The molecule has 1 aromatic rings. The number of carbonyl (C=O) groups excluding carboxylic acids is 1. The molecule has 0 saturated carbocycles. The third-order valence-electron chi connectivity index (χ3n) is 3.66. The average Bonchev–Trinajstić information content (AvgIpc) is 2.89. The van der Waals surface area contributed by atoms with E-state index < -0.39 is 0 Å². The number of nitrogens with zero attached hydrogens (tertiary/aromatic N) is 2. The number of hydrogen-bond acceptors (Lipinski definition) is 4. The van der Waals surface area contributed by atoms with E-state index in [1.54, 1.807) is 0 Å². The Hall–Kier alpha value is -1.59. The number of hydrogen-bond donors (Lipinski definition) is 0. The fourth-order valence-electron chi connectivity index (χ4n) is 2.37. The number of thioether (sulfide) groups is 1. The standard InChI is InChI=1S/C16H18N2O2S/c1-12-4-2-3-5-13(12)6-7-14-15(19)17-16(21-14)18-8-10-20-11-9-18/h2-5,7H,6,8-11H2,1H3/b14-7-. The fourth-order valence-corrected chi connectivity index (χ4v) is 3.30. The predicted molar refractivity (Wildman–Crippen MR) is 85.4 cm³/mol. The molecule has 0 radical (unpaired) electrons. The summed E-state index contributed by atoms with van der Waals surface area (Å²) < 4.78 is 5.33. The van der Waals surface area contributed by atoms with E-state index in [1.165, 1.54) is 22.9 Å². The summed E-state index contributed by atoms with van der Waals surface area (Å²) >= 11 is 1.48. The average molecular weight is 302 g/mol. The zero-order chi connectivity index (χ0) is 14.7. The van der Waals surface area contributed by atoms with Crippen molar-refractivity contribution in [1.82, 2.24) is 4.90 Å². The van der Waals surface area contributed by atoms with Crippen LogP contribution in [0.5, 0.6) is 0 Å². The normalized spacial score (nSPS) is 21.0. The summed E-state index contributed by atoms with van der Waals surface area (Å²) in [6.07, 6.45) is 2.76. The molecule has 0 unspecified atom stereocenters. The van der Waals surface area contributed by atoms with Crippen LogP contribution in [0, 0.1) is 6.92 Å². The molecule has 4 nitrogen and oxygen atoms in total. The van der Waals surface area contributed by atoms with Crippen LogP contribution in [0.1, 0.15) is 11.1 Å². The summed E-state index contributed by atoms with van der Waals surface area (Å²) in [6.45, 7) is 5.12. The highest BCUT2D eigenvalue weighted by Gasteiger charge is 2.26. The molecular weight excluding hydrogens is 284 g/mol. The maximum Gasteiger partial charge on any atom is 0.285 e. The molecule has 110 valence electrons. The zero-order valence-electron chi connectivity index (χ0n) is 12.0. The first-order valence-corrected chi connectivity index (χ1v) is 7.94. The molecule has 0 bridgehead atoms. The Balaban J connectivity index is 1.67. The molecule has 0 aromatic heterocycles. The number of allylic oxidation sites excluding steroid dienone is 1. The maximum atomic E-state index is 12.0. The number of amidine groups is 1. The van der Waals surface area contributed by atoms with Crippen molar-refractivity contribution in [2.45, 2.75) is 13.3 Å². The summed E-state index contributed by atoms with van der Waals surface area (Å²) in [4.78, 5) is 19.0. The van der Waals surface area contributed by atoms with Gasteiger partial charge in [0.25, 0.3) is 5.91 Å². The third kappa shape index (κ3) is 3.36. The third-order valence-corrected chi connectivity index (χ3v) is 4.75. The quantitative estimate of drug-likeness (QED) is 0.787. The molecule has 0 aliphatic carbocycles. The molecule has 0 N–H and O–H groups in total. The number of carbonyl (C=O) groups is 1. The molecule has 3 rings (SSSR count). The van der Waals surface area contributed by atoms with Gasteiger partial charge in [0, 0.05) is 13.1 Å². The van der Waals surface area contributed by atoms with Gasteiger partial charge in [-0.1, -0.05) is 30.3 Å². The number of aliphatic imine (C=N–C) groups is 1. The second kappa shape index (κ2) is 6.45. The Labute approximate surface area is 128 Å². The Morgan fingerprint density at radius 3 is 2.86 bits per heavy atom. The molecule has 5 heteroatoms. The zero-order valence-corrected chi connectivity index (χ0v) is 12.9. The molecule has 1 saturated heterocycles. The van der Waals surface area contributed by atoms with E-state index in [0.717, 1.165) is 29.6 Å². The van der Waals surface area contributed by atoms with E-state index in [9.17, 15) is 4.79 Å². The fraction of sp³-hybridized carbons (Fsp3) is 0.375. The van der Waals surface area contributed by atoms with Crippen molar-refractivity contribution >= 4 is 22.8 Å². The SMILES string of the molecule is Cc1ccccc1C/C=C1\SC(N2CCOCC2)=NC1=O. The van der Waals surface area contributed by atoms with E-state index in [0.29, 0.717) is 13.2 Å². The second-order valence-corrected chi connectivity index (χ2v) is 6.11. The summed E-state index contributed by atoms with van der Waals surface area (Å²) in [5.41, 5.74) is 2.50. The van der Waals surface area contributed by atoms with Crippen molar-refractivity contribution in [2.75, 3.05) is 26.3 Å². The molecule has 2 heterocycles. The van der Waals surface area contributed by atoms with Crippen molar-refractivity contribution in [3.8, 4) is 0 Å². The molecule has 0 spiro atoms. The van der Waals surface area contributed by atoms with Crippen molar-refractivity contribution in [1.29, 1.82) is 0 Å².